The minimum Gasteiger partial charge on any atom is -0.374 e. The second-order valence-electron chi connectivity index (χ2n) is 4.00. The van der Waals surface area contributed by atoms with Crippen molar-refractivity contribution in [1.82, 2.24) is 0 Å². The molecular formula is C15H16O. The Morgan fingerprint density at radius 2 is 1.88 bits per heavy atom. The van der Waals surface area contributed by atoms with Crippen molar-refractivity contribution < 1.29 is 5.11 Å². The van der Waals surface area contributed by atoms with Crippen LogP contribution in [0.1, 0.15) is 26.3 Å². The zero-order chi connectivity index (χ0) is 12.0. The van der Waals surface area contributed by atoms with Crippen LogP contribution in [0.15, 0.2) is 47.7 Å². The van der Waals surface area contributed by atoms with Crippen LogP contribution >= 0.6 is 0 Å². The molecule has 0 aliphatic rings. The Labute approximate surface area is 97.1 Å². The lowest BCUT2D eigenvalue weighted by Crippen LogP contribution is -2.17. The van der Waals surface area contributed by atoms with E-state index in [1.165, 1.54) is 0 Å². The summed E-state index contributed by atoms with van der Waals surface area (Å²) in [4.78, 5) is 0. The van der Waals surface area contributed by atoms with Crippen molar-refractivity contribution in [2.45, 2.75) is 26.4 Å². The lowest BCUT2D eigenvalue weighted by molar-refractivity contribution is 0.122. The van der Waals surface area contributed by atoms with Crippen molar-refractivity contribution in [1.29, 1.82) is 0 Å². The van der Waals surface area contributed by atoms with Crippen molar-refractivity contribution in [2.75, 3.05) is 0 Å². The number of benzene rings is 1. The molecule has 16 heavy (non-hydrogen) atoms. The van der Waals surface area contributed by atoms with Crippen LogP contribution in [0, 0.1) is 11.8 Å². The van der Waals surface area contributed by atoms with Crippen LogP contribution in [0.5, 0.6) is 0 Å². The molecule has 1 unspecified atom stereocenters. The predicted octanol–water partition coefficient (Wildman–Crippen LogP) is 3.02. The smallest absolute Gasteiger partial charge is 0.148 e. The molecule has 0 bridgehead atoms. The zero-order valence-corrected chi connectivity index (χ0v) is 9.91. The van der Waals surface area contributed by atoms with E-state index in [1.54, 1.807) is 13.0 Å². The standard InChI is InChI=1S/C15H16O/c1-13(2)9-7-8-12-15(3,16)14-10-5-4-6-11-14/h4-7,10-11,16H,1-3H3. The number of hydrogen-bond donors (Lipinski definition) is 1. The molecule has 0 aliphatic carbocycles. The van der Waals surface area contributed by atoms with E-state index < -0.39 is 5.60 Å². The van der Waals surface area contributed by atoms with Crippen molar-refractivity contribution >= 4 is 0 Å². The average Bonchev–Trinajstić information content (AvgIpc) is 2.26. The number of hydrogen-bond acceptors (Lipinski definition) is 1. The first-order chi connectivity index (χ1) is 7.52. The summed E-state index contributed by atoms with van der Waals surface area (Å²) in [6.45, 7) is 5.59. The Morgan fingerprint density at radius 3 is 2.44 bits per heavy atom. The minimum atomic E-state index is -1.11. The summed E-state index contributed by atoms with van der Waals surface area (Å²) in [5.74, 6) is 5.60. The first-order valence-electron chi connectivity index (χ1n) is 5.21. The molecule has 1 heteroatoms. The maximum Gasteiger partial charge on any atom is 0.148 e. The highest BCUT2D eigenvalue weighted by Gasteiger charge is 2.18. The van der Waals surface area contributed by atoms with Gasteiger partial charge in [0.2, 0.25) is 0 Å². The van der Waals surface area contributed by atoms with Gasteiger partial charge in [-0.1, -0.05) is 42.2 Å². The number of rotatable bonds is 1. The fourth-order valence-corrected chi connectivity index (χ4v) is 1.19. The van der Waals surface area contributed by atoms with Gasteiger partial charge >= 0.3 is 0 Å². The molecule has 0 aliphatic heterocycles. The quantitative estimate of drug-likeness (QED) is 0.560. The molecule has 0 spiro atoms. The van der Waals surface area contributed by atoms with Crippen molar-refractivity contribution in [3.05, 3.63) is 53.3 Å². The van der Waals surface area contributed by atoms with E-state index in [0.717, 1.165) is 11.1 Å². The highest BCUT2D eigenvalue weighted by atomic mass is 16.3. The first-order valence-corrected chi connectivity index (χ1v) is 5.21. The van der Waals surface area contributed by atoms with Gasteiger partial charge < -0.3 is 5.11 Å². The van der Waals surface area contributed by atoms with Crippen LogP contribution in [0.4, 0.5) is 0 Å². The predicted molar refractivity (Wildman–Crippen MR) is 66.7 cm³/mol. The normalized spacial score (nSPS) is 12.8. The Bertz CT molecular complexity index is 459. The van der Waals surface area contributed by atoms with Gasteiger partial charge in [0.05, 0.1) is 0 Å². The largest absolute Gasteiger partial charge is 0.374 e. The van der Waals surface area contributed by atoms with Crippen LogP contribution < -0.4 is 0 Å². The third-order valence-corrected chi connectivity index (χ3v) is 2.08. The third-order valence-electron chi connectivity index (χ3n) is 2.08. The molecule has 0 aromatic heterocycles. The van der Waals surface area contributed by atoms with Gasteiger partial charge in [-0.2, -0.15) is 0 Å². The summed E-state index contributed by atoms with van der Waals surface area (Å²) >= 11 is 0. The molecule has 1 nitrogen and oxygen atoms in total. The van der Waals surface area contributed by atoms with Gasteiger partial charge in [-0.25, -0.2) is 0 Å². The highest BCUT2D eigenvalue weighted by molar-refractivity contribution is 5.32. The topological polar surface area (TPSA) is 20.2 Å². The molecule has 0 amide bonds. The van der Waals surface area contributed by atoms with Gasteiger partial charge in [0.15, 0.2) is 0 Å². The van der Waals surface area contributed by atoms with Crippen molar-refractivity contribution in [3.8, 4) is 11.8 Å². The molecule has 1 aromatic rings. The Kier molecular flexibility index (Phi) is 4.14. The lowest BCUT2D eigenvalue weighted by Gasteiger charge is -2.16. The number of allylic oxidation sites excluding steroid dienone is 1. The third kappa shape index (κ3) is 3.79. The molecule has 0 radical (unpaired) electrons. The zero-order valence-electron chi connectivity index (χ0n) is 9.91. The fraction of sp³-hybridized carbons (Fsp3) is 0.267. The average molecular weight is 212 g/mol. The van der Waals surface area contributed by atoms with Gasteiger partial charge in [-0.3, -0.25) is 0 Å². The van der Waals surface area contributed by atoms with E-state index in [9.17, 15) is 5.11 Å². The molecule has 1 aromatic carbocycles. The van der Waals surface area contributed by atoms with Gasteiger partial charge in [0.25, 0.3) is 0 Å². The monoisotopic (exact) mass is 212 g/mol. The van der Waals surface area contributed by atoms with Crippen LogP contribution in [0.3, 0.4) is 0 Å². The van der Waals surface area contributed by atoms with E-state index >= 15 is 0 Å². The maximum absolute atomic E-state index is 10.1. The van der Waals surface area contributed by atoms with Crippen molar-refractivity contribution in [3.63, 3.8) is 0 Å². The molecule has 0 heterocycles. The summed E-state index contributed by atoms with van der Waals surface area (Å²) in [5.41, 5.74) is 3.73. The van der Waals surface area contributed by atoms with Gasteiger partial charge in [-0.15, -0.1) is 5.73 Å². The summed E-state index contributed by atoms with van der Waals surface area (Å²) < 4.78 is 0. The summed E-state index contributed by atoms with van der Waals surface area (Å²) in [5, 5.41) is 10.1. The molecule has 1 N–H and O–H groups in total. The van der Waals surface area contributed by atoms with Crippen LogP contribution in [0.25, 0.3) is 0 Å². The van der Waals surface area contributed by atoms with E-state index in [4.69, 9.17) is 0 Å². The fourth-order valence-electron chi connectivity index (χ4n) is 1.19. The van der Waals surface area contributed by atoms with Crippen LogP contribution in [-0.4, -0.2) is 5.11 Å². The Hall–Kier alpha value is -1.74. The molecule has 0 saturated heterocycles. The number of aliphatic hydroxyl groups is 1. The van der Waals surface area contributed by atoms with E-state index in [2.05, 4.69) is 17.6 Å². The van der Waals surface area contributed by atoms with Gasteiger partial charge in [-0.05, 0) is 31.9 Å². The maximum atomic E-state index is 10.1. The minimum absolute atomic E-state index is 0.799. The second-order valence-corrected chi connectivity index (χ2v) is 4.00. The van der Waals surface area contributed by atoms with E-state index in [0.29, 0.717) is 0 Å². The molecule has 0 fully saturated rings. The molecule has 0 saturated carbocycles. The van der Waals surface area contributed by atoms with E-state index in [-0.39, 0.29) is 0 Å². The molecule has 1 rings (SSSR count). The Morgan fingerprint density at radius 1 is 1.25 bits per heavy atom. The molecular weight excluding hydrogens is 196 g/mol. The van der Waals surface area contributed by atoms with Crippen LogP contribution in [-0.2, 0) is 5.60 Å². The SMILES string of the molecule is CC(C)=C=CC#CC(C)(O)c1ccccc1. The summed E-state index contributed by atoms with van der Waals surface area (Å²) in [7, 11) is 0. The van der Waals surface area contributed by atoms with Gasteiger partial charge in [0, 0.05) is 6.08 Å². The lowest BCUT2D eigenvalue weighted by atomic mass is 9.97. The van der Waals surface area contributed by atoms with E-state index in [1.807, 2.05) is 44.2 Å². The van der Waals surface area contributed by atoms with Crippen molar-refractivity contribution in [2.24, 2.45) is 0 Å². The summed E-state index contributed by atoms with van der Waals surface area (Å²) in [6, 6.07) is 9.41. The molecule has 82 valence electrons. The second kappa shape index (κ2) is 5.37. The highest BCUT2D eigenvalue weighted by Crippen LogP contribution is 2.18. The van der Waals surface area contributed by atoms with Crippen LogP contribution in [0.2, 0.25) is 0 Å². The summed E-state index contributed by atoms with van der Waals surface area (Å²) in [6.07, 6.45) is 1.63. The van der Waals surface area contributed by atoms with Gasteiger partial charge in [0.1, 0.15) is 5.60 Å². The first kappa shape index (κ1) is 12.3. The Balaban J connectivity index is 2.92. The molecule has 1 atom stereocenters.